The molecular formula is C24H27N5O2. The zero-order valence-corrected chi connectivity index (χ0v) is 17.4. The molecule has 7 nitrogen and oxygen atoms in total. The number of nitrogens with one attached hydrogen (secondary N) is 3. The van der Waals surface area contributed by atoms with Crippen LogP contribution < -0.4 is 20.7 Å². The molecule has 1 aromatic heterocycles. The number of hydrogen-bond donors (Lipinski definition) is 3. The van der Waals surface area contributed by atoms with Crippen molar-refractivity contribution in [2.24, 2.45) is 5.92 Å². The molecule has 3 aromatic rings. The molecule has 2 aromatic carbocycles. The van der Waals surface area contributed by atoms with Gasteiger partial charge in [-0.25, -0.2) is 4.68 Å². The van der Waals surface area contributed by atoms with Gasteiger partial charge in [0.05, 0.1) is 6.04 Å². The zero-order chi connectivity index (χ0) is 21.0. The Hall–Kier alpha value is -3.32. The average molecular weight is 418 g/mol. The molecule has 1 atom stereocenters. The van der Waals surface area contributed by atoms with Crippen LogP contribution in [0.25, 0.3) is 11.3 Å². The van der Waals surface area contributed by atoms with Gasteiger partial charge in [0.2, 0.25) is 6.41 Å². The first-order valence-corrected chi connectivity index (χ1v) is 10.9. The van der Waals surface area contributed by atoms with Crippen LogP contribution in [0.3, 0.4) is 0 Å². The number of para-hydroxylation sites is 1. The van der Waals surface area contributed by atoms with Gasteiger partial charge in [0.25, 0.3) is 0 Å². The molecule has 2 aliphatic heterocycles. The number of anilines is 2. The number of fused-ring (bicyclic) bond motifs is 1. The number of hydrogen-bond acceptors (Lipinski definition) is 5. The molecule has 5 rings (SSSR count). The van der Waals surface area contributed by atoms with E-state index in [1.807, 2.05) is 54.6 Å². The predicted octanol–water partition coefficient (Wildman–Crippen LogP) is 4.27. The Labute approximate surface area is 181 Å². The molecule has 1 amide bonds. The van der Waals surface area contributed by atoms with Crippen molar-refractivity contribution in [3.05, 3.63) is 54.6 Å². The number of rotatable bonds is 6. The smallest absolute Gasteiger partial charge is 0.211 e. The maximum absolute atomic E-state index is 11.4. The van der Waals surface area contributed by atoms with E-state index in [2.05, 4.69) is 20.6 Å². The van der Waals surface area contributed by atoms with Crippen LogP contribution in [0.1, 0.15) is 25.3 Å². The molecule has 0 unspecified atom stereocenters. The lowest BCUT2D eigenvalue weighted by atomic mass is 9.88. The summed E-state index contributed by atoms with van der Waals surface area (Å²) in [6.45, 7) is 3.00. The summed E-state index contributed by atoms with van der Waals surface area (Å²) in [7, 11) is 0. The lowest BCUT2D eigenvalue weighted by molar-refractivity contribution is -0.105. The summed E-state index contributed by atoms with van der Waals surface area (Å²) < 4.78 is 8.02. The topological polar surface area (TPSA) is 80.2 Å². The van der Waals surface area contributed by atoms with Gasteiger partial charge >= 0.3 is 0 Å². The van der Waals surface area contributed by atoms with E-state index in [1.165, 1.54) is 0 Å². The Morgan fingerprint density at radius 3 is 2.45 bits per heavy atom. The van der Waals surface area contributed by atoms with Crippen molar-refractivity contribution in [1.82, 2.24) is 15.1 Å². The highest BCUT2D eigenvalue weighted by Gasteiger charge is 2.32. The van der Waals surface area contributed by atoms with E-state index >= 15 is 0 Å². The molecular weight excluding hydrogens is 390 g/mol. The highest BCUT2D eigenvalue weighted by atomic mass is 16.5. The lowest BCUT2D eigenvalue weighted by Crippen LogP contribution is -2.36. The molecule has 1 fully saturated rings. The molecule has 0 bridgehead atoms. The first-order chi connectivity index (χ1) is 15.3. The number of carbonyl (C=O) groups is 1. The molecule has 3 heterocycles. The molecule has 1 saturated heterocycles. The molecule has 3 N–H and O–H groups in total. The van der Waals surface area contributed by atoms with Gasteiger partial charge in [-0.15, -0.1) is 0 Å². The van der Waals surface area contributed by atoms with Gasteiger partial charge < -0.3 is 20.7 Å². The van der Waals surface area contributed by atoms with Crippen LogP contribution in [-0.2, 0) is 4.79 Å². The quantitative estimate of drug-likeness (QED) is 0.522. The van der Waals surface area contributed by atoms with Crippen molar-refractivity contribution in [2.45, 2.75) is 25.3 Å². The maximum Gasteiger partial charge on any atom is 0.211 e. The van der Waals surface area contributed by atoms with Gasteiger partial charge in [0, 0.05) is 12.1 Å². The third kappa shape index (κ3) is 4.01. The fraction of sp³-hybridized carbons (Fsp3) is 0.333. The minimum atomic E-state index is 0.347. The monoisotopic (exact) mass is 417 g/mol. The average Bonchev–Trinajstić information content (AvgIpc) is 3.20. The van der Waals surface area contributed by atoms with Gasteiger partial charge in [0.1, 0.15) is 28.7 Å². The van der Waals surface area contributed by atoms with Crippen molar-refractivity contribution >= 4 is 17.9 Å². The summed E-state index contributed by atoms with van der Waals surface area (Å²) in [5.41, 5.74) is 2.46. The van der Waals surface area contributed by atoms with E-state index < -0.39 is 0 Å². The lowest BCUT2D eigenvalue weighted by Gasteiger charge is -2.34. The number of piperidine rings is 1. The van der Waals surface area contributed by atoms with Crippen LogP contribution in [0, 0.1) is 5.92 Å². The van der Waals surface area contributed by atoms with Crippen molar-refractivity contribution in [3.63, 3.8) is 0 Å². The third-order valence-corrected chi connectivity index (χ3v) is 6.20. The van der Waals surface area contributed by atoms with Gasteiger partial charge in [-0.3, -0.25) is 4.79 Å². The largest absolute Gasteiger partial charge is 0.457 e. The summed E-state index contributed by atoms with van der Waals surface area (Å²) in [4.78, 5) is 11.4. The molecule has 7 heteroatoms. The van der Waals surface area contributed by atoms with Crippen molar-refractivity contribution in [1.29, 1.82) is 0 Å². The first-order valence-electron chi connectivity index (χ1n) is 10.9. The number of benzene rings is 2. The van der Waals surface area contributed by atoms with Crippen LogP contribution >= 0.6 is 0 Å². The van der Waals surface area contributed by atoms with Crippen molar-refractivity contribution in [2.75, 3.05) is 30.3 Å². The predicted molar refractivity (Wildman–Crippen MR) is 122 cm³/mol. The van der Waals surface area contributed by atoms with Crippen molar-refractivity contribution in [3.8, 4) is 22.8 Å². The van der Waals surface area contributed by atoms with Gasteiger partial charge in [-0.1, -0.05) is 18.2 Å². The number of carbonyl (C=O) groups excluding carboxylic acids is 1. The highest BCUT2D eigenvalue weighted by Crippen LogP contribution is 2.42. The minimum absolute atomic E-state index is 0.347. The fourth-order valence-electron chi connectivity index (χ4n) is 4.67. The Morgan fingerprint density at radius 1 is 0.968 bits per heavy atom. The van der Waals surface area contributed by atoms with E-state index in [0.29, 0.717) is 12.0 Å². The van der Waals surface area contributed by atoms with E-state index in [4.69, 9.17) is 9.84 Å². The SMILES string of the molecule is O=CNc1c(-c2ccc(Oc3ccccc3)cc2)nn2c1NCC[C@H]2C1CCNCC1. The molecule has 0 spiro atoms. The molecule has 31 heavy (non-hydrogen) atoms. The summed E-state index contributed by atoms with van der Waals surface area (Å²) in [5.74, 6) is 3.06. The Morgan fingerprint density at radius 2 is 1.71 bits per heavy atom. The van der Waals surface area contributed by atoms with Gasteiger partial charge in [0.15, 0.2) is 0 Å². The summed E-state index contributed by atoms with van der Waals surface area (Å²) in [5, 5.41) is 14.8. The first kappa shape index (κ1) is 19.6. The van der Waals surface area contributed by atoms with Gasteiger partial charge in [-0.05, 0) is 74.7 Å². The fourth-order valence-corrected chi connectivity index (χ4v) is 4.67. The van der Waals surface area contributed by atoms with Crippen LogP contribution in [0.5, 0.6) is 11.5 Å². The Balaban J connectivity index is 1.46. The second-order valence-corrected chi connectivity index (χ2v) is 8.09. The maximum atomic E-state index is 11.4. The molecule has 0 radical (unpaired) electrons. The van der Waals surface area contributed by atoms with E-state index in [-0.39, 0.29) is 0 Å². The second-order valence-electron chi connectivity index (χ2n) is 8.09. The molecule has 0 saturated carbocycles. The number of amides is 1. The normalized spacial score (nSPS) is 18.6. The summed E-state index contributed by atoms with van der Waals surface area (Å²) in [6.07, 6.45) is 4.08. The highest BCUT2D eigenvalue weighted by molar-refractivity contribution is 5.90. The van der Waals surface area contributed by atoms with E-state index in [0.717, 1.165) is 79.6 Å². The summed E-state index contributed by atoms with van der Waals surface area (Å²) >= 11 is 0. The standard InChI is InChI=1S/C24H27N5O2/c30-16-27-23-22(18-6-8-20(9-7-18)31-19-4-2-1-3-5-19)28-29-21(12-15-26-24(23)29)17-10-13-25-14-11-17/h1-9,16-17,21,25-26H,10-15H2,(H,27,30)/t21-/m0/s1. The van der Waals surface area contributed by atoms with Crippen LogP contribution in [-0.4, -0.2) is 35.8 Å². The van der Waals surface area contributed by atoms with Crippen molar-refractivity contribution < 1.29 is 9.53 Å². The molecule has 160 valence electrons. The van der Waals surface area contributed by atoms with E-state index in [9.17, 15) is 4.79 Å². The number of ether oxygens (including phenoxy) is 1. The molecule has 2 aliphatic rings. The number of nitrogens with zero attached hydrogens (tertiary/aromatic N) is 2. The Kier molecular flexibility index (Phi) is 5.58. The van der Waals surface area contributed by atoms with Gasteiger partial charge in [-0.2, -0.15) is 5.10 Å². The van der Waals surface area contributed by atoms with E-state index in [1.54, 1.807) is 0 Å². The number of aromatic nitrogens is 2. The molecule has 0 aliphatic carbocycles. The third-order valence-electron chi connectivity index (χ3n) is 6.20. The Bertz CT molecular complexity index is 1030. The summed E-state index contributed by atoms with van der Waals surface area (Å²) in [6, 6.07) is 17.9. The minimum Gasteiger partial charge on any atom is -0.457 e. The van der Waals surface area contributed by atoms with Crippen LogP contribution in [0.2, 0.25) is 0 Å². The van der Waals surface area contributed by atoms with Crippen LogP contribution in [0.15, 0.2) is 54.6 Å². The van der Waals surface area contributed by atoms with Crippen LogP contribution in [0.4, 0.5) is 11.5 Å². The zero-order valence-electron chi connectivity index (χ0n) is 17.4. The second kappa shape index (κ2) is 8.81.